The zero-order valence-corrected chi connectivity index (χ0v) is 24.9. The van der Waals surface area contributed by atoms with Crippen LogP contribution >= 0.6 is 0 Å². The molecule has 11 nitrogen and oxygen atoms in total. The largest absolute Gasteiger partial charge is 0.490 e. The number of ether oxygens (including phenoxy) is 2. The summed E-state index contributed by atoms with van der Waals surface area (Å²) in [5, 5.41) is 0. The van der Waals surface area contributed by atoms with Crippen molar-refractivity contribution in [1.29, 1.82) is 0 Å². The van der Waals surface area contributed by atoms with Crippen LogP contribution in [0.4, 0.5) is 10.5 Å². The van der Waals surface area contributed by atoms with Crippen LogP contribution in [0.3, 0.4) is 0 Å². The van der Waals surface area contributed by atoms with Crippen molar-refractivity contribution in [2.24, 2.45) is 5.92 Å². The molecule has 1 fully saturated rings. The van der Waals surface area contributed by atoms with Crippen molar-refractivity contribution in [2.75, 3.05) is 19.7 Å². The fourth-order valence-electron chi connectivity index (χ4n) is 5.31. The molecule has 1 aliphatic heterocycles. The summed E-state index contributed by atoms with van der Waals surface area (Å²) in [6.45, 7) is 15.0. The molecule has 6 rings (SSSR count). The summed E-state index contributed by atoms with van der Waals surface area (Å²) in [5.74, 6) is 1.98. The van der Waals surface area contributed by atoms with Gasteiger partial charge < -0.3 is 14.4 Å². The molecule has 0 saturated carbocycles. The summed E-state index contributed by atoms with van der Waals surface area (Å²) in [4.78, 5) is 44.2. The van der Waals surface area contributed by atoms with Crippen molar-refractivity contribution < 1.29 is 14.3 Å². The summed E-state index contributed by atoms with van der Waals surface area (Å²) >= 11 is 0. The molecule has 5 aromatic rings. The predicted octanol–water partition coefficient (Wildman–Crippen LogP) is 5.73. The monoisotopic (exact) mass is 591 g/mol. The molecular weight excluding hydrogens is 558 g/mol. The Labute approximate surface area is 254 Å². The van der Waals surface area contributed by atoms with Crippen LogP contribution in [0.25, 0.3) is 33.0 Å². The van der Waals surface area contributed by atoms with Crippen LogP contribution in [0.15, 0.2) is 71.9 Å². The van der Waals surface area contributed by atoms with Crippen molar-refractivity contribution in [1.82, 2.24) is 28.8 Å². The fourth-order valence-corrected chi connectivity index (χ4v) is 5.31. The van der Waals surface area contributed by atoms with Gasteiger partial charge in [-0.3, -0.25) is 13.8 Å². The molecule has 44 heavy (non-hydrogen) atoms. The van der Waals surface area contributed by atoms with Crippen molar-refractivity contribution in [3.8, 4) is 17.1 Å². The highest BCUT2D eigenvalue weighted by Gasteiger charge is 2.27. The van der Waals surface area contributed by atoms with E-state index in [1.54, 1.807) is 40.2 Å². The second kappa shape index (κ2) is 11.8. The predicted molar refractivity (Wildman–Crippen MR) is 166 cm³/mol. The highest BCUT2D eigenvalue weighted by molar-refractivity contribution is 5.83. The Morgan fingerprint density at radius 3 is 2.57 bits per heavy atom. The topological polar surface area (TPSA) is 108 Å². The van der Waals surface area contributed by atoms with Gasteiger partial charge in [0.1, 0.15) is 5.60 Å². The maximum absolute atomic E-state index is 12.9. The fraction of sp³-hybridized carbons (Fsp3) is 0.333. The highest BCUT2D eigenvalue weighted by atomic mass is 16.6. The number of aromatic nitrogens is 5. The van der Waals surface area contributed by atoms with Gasteiger partial charge in [-0.05, 0) is 63.3 Å². The third-order valence-electron chi connectivity index (χ3n) is 7.56. The first-order valence-corrected chi connectivity index (χ1v) is 14.6. The summed E-state index contributed by atoms with van der Waals surface area (Å²) in [7, 11) is 0. The number of imidazole rings is 1. The molecule has 0 unspecified atom stereocenters. The molecule has 4 heterocycles. The van der Waals surface area contributed by atoms with Crippen LogP contribution in [0.5, 0.6) is 5.75 Å². The van der Waals surface area contributed by atoms with E-state index < -0.39 is 5.60 Å². The lowest BCUT2D eigenvalue weighted by Crippen LogP contribution is -2.42. The minimum atomic E-state index is -0.500. The van der Waals surface area contributed by atoms with Crippen LogP contribution in [0, 0.1) is 12.5 Å². The third kappa shape index (κ3) is 6.24. The molecule has 3 aromatic heterocycles. The normalized spacial score (nSPS) is 14.1. The molecule has 1 saturated heterocycles. The van der Waals surface area contributed by atoms with E-state index in [1.807, 2.05) is 55.5 Å². The molecule has 224 valence electrons. The van der Waals surface area contributed by atoms with Crippen LogP contribution in [-0.4, -0.2) is 60.2 Å². The molecule has 0 aliphatic carbocycles. The molecule has 0 atom stereocenters. The third-order valence-corrected chi connectivity index (χ3v) is 7.56. The van der Waals surface area contributed by atoms with E-state index in [0.29, 0.717) is 60.7 Å². The summed E-state index contributed by atoms with van der Waals surface area (Å²) in [5.41, 5.74) is 3.04. The Kier molecular flexibility index (Phi) is 7.74. The number of amides is 1. The average Bonchev–Trinajstić information content (AvgIpc) is 3.39. The molecule has 0 N–H and O–H groups in total. The molecule has 1 amide bonds. The van der Waals surface area contributed by atoms with E-state index in [0.717, 1.165) is 29.5 Å². The average molecular weight is 592 g/mol. The van der Waals surface area contributed by atoms with Gasteiger partial charge in [0.05, 0.1) is 43.2 Å². The Balaban J connectivity index is 1.10. The number of rotatable bonds is 6. The van der Waals surface area contributed by atoms with Gasteiger partial charge >= 0.3 is 6.09 Å². The Hall–Kier alpha value is -5.24. The van der Waals surface area contributed by atoms with Crippen LogP contribution in [0.1, 0.15) is 39.2 Å². The number of hydrogen-bond donors (Lipinski definition) is 0. The number of piperidine rings is 1. The van der Waals surface area contributed by atoms with E-state index in [4.69, 9.17) is 16.0 Å². The molecule has 0 radical (unpaired) electrons. The van der Waals surface area contributed by atoms with E-state index in [-0.39, 0.29) is 11.7 Å². The van der Waals surface area contributed by atoms with Gasteiger partial charge in [0.2, 0.25) is 5.78 Å². The lowest BCUT2D eigenvalue weighted by atomic mass is 9.98. The summed E-state index contributed by atoms with van der Waals surface area (Å²) < 4.78 is 14.9. The Morgan fingerprint density at radius 1 is 1.07 bits per heavy atom. The van der Waals surface area contributed by atoms with Gasteiger partial charge in [-0.2, -0.15) is 0 Å². The molecular formula is C33H33N7O4. The van der Waals surface area contributed by atoms with E-state index in [2.05, 4.69) is 19.8 Å². The zero-order valence-electron chi connectivity index (χ0n) is 24.9. The van der Waals surface area contributed by atoms with Crippen molar-refractivity contribution in [3.63, 3.8) is 0 Å². The van der Waals surface area contributed by atoms with E-state index in [9.17, 15) is 9.59 Å². The number of carbonyl (C=O) groups excluding carboxylic acids is 1. The standard InChI is InChI=1S/C33H33N7O4/c1-33(2,3)44-32(42)38-13-10-22(11-14-38)21-43-26-18-35-30(36-19-26)24-7-5-6-23(16-24)20-40-29(41)12-15-39-28-9-8-25(34-4)17-27(28)37-31(39)40/h5-9,12,15-19,22H,10-11,13-14,20-21H2,1-3H3. The maximum Gasteiger partial charge on any atom is 0.410 e. The van der Waals surface area contributed by atoms with E-state index >= 15 is 0 Å². The number of nitrogens with zero attached hydrogens (tertiary/aromatic N) is 7. The lowest BCUT2D eigenvalue weighted by Gasteiger charge is -2.33. The molecule has 11 heteroatoms. The Morgan fingerprint density at radius 2 is 1.84 bits per heavy atom. The quantitative estimate of drug-likeness (QED) is 0.232. The van der Waals surface area contributed by atoms with Crippen molar-refractivity contribution in [3.05, 3.63) is 94.5 Å². The molecule has 0 bridgehead atoms. The summed E-state index contributed by atoms with van der Waals surface area (Å²) in [6.07, 6.45) is 6.48. The zero-order chi connectivity index (χ0) is 30.8. The van der Waals surface area contributed by atoms with Gasteiger partial charge in [-0.25, -0.2) is 24.6 Å². The second-order valence-corrected chi connectivity index (χ2v) is 12.0. The number of likely N-dealkylation sites (tertiary alicyclic amines) is 1. The lowest BCUT2D eigenvalue weighted by molar-refractivity contribution is 0.0165. The van der Waals surface area contributed by atoms with Gasteiger partial charge in [0.25, 0.3) is 5.56 Å². The van der Waals surface area contributed by atoms with Crippen molar-refractivity contribution in [2.45, 2.75) is 45.8 Å². The van der Waals surface area contributed by atoms with Crippen molar-refractivity contribution >= 4 is 28.6 Å². The van der Waals surface area contributed by atoms with Gasteiger partial charge in [-0.1, -0.05) is 24.3 Å². The molecule has 0 spiro atoms. The first kappa shape index (κ1) is 28.9. The number of fused-ring (bicyclic) bond motifs is 3. The van der Waals surface area contributed by atoms with Gasteiger partial charge in [0.15, 0.2) is 17.3 Å². The minimum Gasteiger partial charge on any atom is -0.490 e. The smallest absolute Gasteiger partial charge is 0.410 e. The maximum atomic E-state index is 12.9. The number of hydrogen-bond acceptors (Lipinski definition) is 7. The van der Waals surface area contributed by atoms with E-state index in [1.165, 1.54) is 6.07 Å². The Bertz CT molecular complexity index is 1930. The number of carbonyl (C=O) groups is 1. The molecule has 2 aromatic carbocycles. The SMILES string of the molecule is [C-]#[N+]c1ccc2c(c1)nc1n(Cc3cccc(-c4ncc(OCC5CCN(C(=O)OC(C)(C)C)CC5)cn4)c3)c(=O)ccn21. The summed E-state index contributed by atoms with van der Waals surface area (Å²) in [6, 6.07) is 14.6. The molecule has 1 aliphatic rings. The highest BCUT2D eigenvalue weighted by Crippen LogP contribution is 2.24. The van der Waals surface area contributed by atoms with Gasteiger partial charge in [0, 0.05) is 30.9 Å². The first-order chi connectivity index (χ1) is 21.2. The first-order valence-electron chi connectivity index (χ1n) is 14.6. The second-order valence-electron chi connectivity index (χ2n) is 12.0. The van der Waals surface area contributed by atoms with Crippen LogP contribution in [-0.2, 0) is 11.3 Å². The number of benzene rings is 2. The van der Waals surface area contributed by atoms with Crippen LogP contribution in [0.2, 0.25) is 0 Å². The van der Waals surface area contributed by atoms with Gasteiger partial charge in [-0.15, -0.1) is 0 Å². The van der Waals surface area contributed by atoms with Crippen LogP contribution < -0.4 is 10.3 Å². The minimum absolute atomic E-state index is 0.170.